The summed E-state index contributed by atoms with van der Waals surface area (Å²) in [6.07, 6.45) is 1.18. The van der Waals surface area contributed by atoms with Gasteiger partial charge in [-0.1, -0.05) is 6.92 Å². The Balaban J connectivity index is 2.40. The number of hydrogen-bond acceptors (Lipinski definition) is 5. The fraction of sp³-hybridized carbons (Fsp3) is 0.562. The molecule has 1 aliphatic heterocycles. The van der Waals surface area contributed by atoms with Gasteiger partial charge in [0.15, 0.2) is 0 Å². The van der Waals surface area contributed by atoms with E-state index in [0.29, 0.717) is 30.1 Å². The van der Waals surface area contributed by atoms with Crippen molar-refractivity contribution in [2.24, 2.45) is 5.92 Å². The monoisotopic (exact) mass is 355 g/mol. The number of ether oxygens (including phenoxy) is 1. The van der Waals surface area contributed by atoms with Crippen molar-refractivity contribution in [2.75, 3.05) is 38.2 Å². The lowest BCUT2D eigenvalue weighted by molar-refractivity contribution is -0.129. The molecule has 0 saturated heterocycles. The maximum Gasteiger partial charge on any atom is 0.229 e. The van der Waals surface area contributed by atoms with Gasteiger partial charge in [0.2, 0.25) is 15.9 Å². The van der Waals surface area contributed by atoms with E-state index in [0.717, 1.165) is 6.26 Å². The summed E-state index contributed by atoms with van der Waals surface area (Å²) in [5.74, 6) is 0.754. The van der Waals surface area contributed by atoms with E-state index in [9.17, 15) is 13.2 Å². The molecular weight excluding hydrogens is 330 g/mol. The number of likely N-dealkylation sites (N-methyl/N-ethyl adjacent to an activating group) is 2. The SMILES string of the molecule is CNC[C@@H]1Oc2ccc(NS(C)(=O)=O)cc2CC(=O)N(C)C[C@@H]1C. The maximum absolute atomic E-state index is 12.4. The summed E-state index contributed by atoms with van der Waals surface area (Å²) in [5.41, 5.74) is 1.10. The molecule has 0 spiro atoms. The molecule has 0 bridgehead atoms. The van der Waals surface area contributed by atoms with Gasteiger partial charge in [0.25, 0.3) is 0 Å². The van der Waals surface area contributed by atoms with Gasteiger partial charge in [-0.15, -0.1) is 0 Å². The molecule has 2 N–H and O–H groups in total. The Bertz CT molecular complexity index is 705. The molecule has 134 valence electrons. The molecule has 7 nitrogen and oxygen atoms in total. The van der Waals surface area contributed by atoms with Gasteiger partial charge in [0.1, 0.15) is 11.9 Å². The lowest BCUT2D eigenvalue weighted by atomic mass is 10.0. The molecule has 1 aromatic rings. The van der Waals surface area contributed by atoms with E-state index < -0.39 is 10.0 Å². The Morgan fingerprint density at radius 1 is 1.38 bits per heavy atom. The second-order valence-corrected chi connectivity index (χ2v) is 8.09. The average molecular weight is 355 g/mol. The van der Waals surface area contributed by atoms with Gasteiger partial charge >= 0.3 is 0 Å². The summed E-state index contributed by atoms with van der Waals surface area (Å²) >= 11 is 0. The number of carbonyl (C=O) groups is 1. The van der Waals surface area contributed by atoms with Crippen LogP contribution in [0.2, 0.25) is 0 Å². The summed E-state index contributed by atoms with van der Waals surface area (Å²) in [4.78, 5) is 14.1. The Hall–Kier alpha value is -1.80. The largest absolute Gasteiger partial charge is 0.488 e. The molecule has 8 heteroatoms. The summed E-state index contributed by atoms with van der Waals surface area (Å²) in [7, 11) is 0.260. The number of rotatable bonds is 4. The van der Waals surface area contributed by atoms with E-state index in [1.165, 1.54) is 0 Å². The van der Waals surface area contributed by atoms with Crippen molar-refractivity contribution in [3.05, 3.63) is 23.8 Å². The first kappa shape index (κ1) is 18.5. The first-order chi connectivity index (χ1) is 11.2. The van der Waals surface area contributed by atoms with Crippen LogP contribution in [0.15, 0.2) is 18.2 Å². The fourth-order valence-corrected chi connectivity index (χ4v) is 3.34. The van der Waals surface area contributed by atoms with Crippen molar-refractivity contribution in [1.82, 2.24) is 10.2 Å². The number of benzene rings is 1. The lowest BCUT2D eigenvalue weighted by Crippen LogP contribution is -2.41. The molecule has 1 heterocycles. The van der Waals surface area contributed by atoms with E-state index in [1.807, 2.05) is 7.05 Å². The topological polar surface area (TPSA) is 87.7 Å². The summed E-state index contributed by atoms with van der Waals surface area (Å²) < 4.78 is 31.4. The molecule has 2 rings (SSSR count). The zero-order chi connectivity index (χ0) is 17.9. The van der Waals surface area contributed by atoms with Crippen LogP contribution in [0.25, 0.3) is 0 Å². The number of sulfonamides is 1. The van der Waals surface area contributed by atoms with Crippen LogP contribution in [0, 0.1) is 5.92 Å². The second kappa shape index (κ2) is 7.40. The molecule has 2 atom stereocenters. The van der Waals surface area contributed by atoms with Crippen molar-refractivity contribution in [1.29, 1.82) is 0 Å². The van der Waals surface area contributed by atoms with E-state index in [4.69, 9.17) is 4.74 Å². The van der Waals surface area contributed by atoms with E-state index in [1.54, 1.807) is 30.1 Å². The quantitative estimate of drug-likeness (QED) is 0.829. The Kier molecular flexibility index (Phi) is 5.71. The Morgan fingerprint density at radius 2 is 2.08 bits per heavy atom. The fourth-order valence-electron chi connectivity index (χ4n) is 2.78. The molecule has 0 aliphatic carbocycles. The smallest absolute Gasteiger partial charge is 0.229 e. The van der Waals surface area contributed by atoms with Crippen molar-refractivity contribution < 1.29 is 17.9 Å². The number of amides is 1. The minimum atomic E-state index is -3.38. The predicted octanol–water partition coefficient (Wildman–Crippen LogP) is 0.676. The minimum Gasteiger partial charge on any atom is -0.488 e. The van der Waals surface area contributed by atoms with E-state index in [2.05, 4.69) is 17.0 Å². The van der Waals surface area contributed by atoms with Crippen LogP contribution in [0.1, 0.15) is 12.5 Å². The van der Waals surface area contributed by atoms with Crippen LogP contribution in [0.3, 0.4) is 0 Å². The van der Waals surface area contributed by atoms with Crippen LogP contribution in [0.5, 0.6) is 5.75 Å². The van der Waals surface area contributed by atoms with Gasteiger partial charge in [0.05, 0.1) is 12.7 Å². The molecule has 24 heavy (non-hydrogen) atoms. The van der Waals surface area contributed by atoms with Gasteiger partial charge in [-0.25, -0.2) is 8.42 Å². The third-order valence-electron chi connectivity index (χ3n) is 4.01. The molecule has 0 radical (unpaired) electrons. The number of nitrogens with zero attached hydrogens (tertiary/aromatic N) is 1. The number of carbonyl (C=O) groups excluding carboxylic acids is 1. The third-order valence-corrected chi connectivity index (χ3v) is 4.62. The highest BCUT2D eigenvalue weighted by Gasteiger charge is 2.26. The summed E-state index contributed by atoms with van der Waals surface area (Å²) in [5, 5.41) is 3.12. The molecule has 0 fully saturated rings. The lowest BCUT2D eigenvalue weighted by Gasteiger charge is -2.27. The van der Waals surface area contributed by atoms with Crippen molar-refractivity contribution in [3.8, 4) is 5.75 Å². The van der Waals surface area contributed by atoms with E-state index >= 15 is 0 Å². The number of anilines is 1. The van der Waals surface area contributed by atoms with Gasteiger partial charge in [-0.2, -0.15) is 0 Å². The Morgan fingerprint density at radius 3 is 2.71 bits per heavy atom. The average Bonchev–Trinajstić information content (AvgIpc) is 2.50. The van der Waals surface area contributed by atoms with Crippen molar-refractivity contribution in [2.45, 2.75) is 19.4 Å². The highest BCUT2D eigenvalue weighted by molar-refractivity contribution is 7.92. The molecule has 1 aromatic carbocycles. The second-order valence-electron chi connectivity index (χ2n) is 6.34. The third kappa shape index (κ3) is 4.85. The predicted molar refractivity (Wildman–Crippen MR) is 93.8 cm³/mol. The van der Waals surface area contributed by atoms with Gasteiger partial charge < -0.3 is 15.0 Å². The van der Waals surface area contributed by atoms with Gasteiger partial charge in [0, 0.05) is 37.3 Å². The highest BCUT2D eigenvalue weighted by atomic mass is 32.2. The number of hydrogen-bond donors (Lipinski definition) is 2. The first-order valence-corrected chi connectivity index (χ1v) is 9.74. The standard InChI is InChI=1S/C16H25N3O4S/c1-11-10-19(3)16(20)8-12-7-13(18-24(4,21)22)5-6-14(12)23-15(11)9-17-2/h5-7,11,15,17-18H,8-10H2,1-4H3/t11-,15-/m0/s1. The normalized spacial score (nSPS) is 22.0. The van der Waals surface area contributed by atoms with Gasteiger partial charge in [-0.3, -0.25) is 9.52 Å². The first-order valence-electron chi connectivity index (χ1n) is 7.85. The molecular formula is C16H25N3O4S. The Labute approximate surface area is 143 Å². The van der Waals surface area contributed by atoms with Crippen LogP contribution >= 0.6 is 0 Å². The molecule has 0 unspecified atom stereocenters. The van der Waals surface area contributed by atoms with Gasteiger partial charge in [-0.05, 0) is 25.2 Å². The molecule has 0 aromatic heterocycles. The number of fused-ring (bicyclic) bond motifs is 1. The minimum absolute atomic E-state index is 0.0201. The zero-order valence-corrected chi connectivity index (χ0v) is 15.3. The van der Waals surface area contributed by atoms with Crippen molar-refractivity contribution >= 4 is 21.6 Å². The molecule has 1 amide bonds. The van der Waals surface area contributed by atoms with Crippen LogP contribution in [-0.2, 0) is 21.2 Å². The molecule has 1 aliphatic rings. The van der Waals surface area contributed by atoms with Crippen molar-refractivity contribution in [3.63, 3.8) is 0 Å². The summed E-state index contributed by atoms with van der Waals surface area (Å²) in [6, 6.07) is 5.03. The maximum atomic E-state index is 12.4. The van der Waals surface area contributed by atoms with Crippen LogP contribution in [-0.4, -0.2) is 58.8 Å². The zero-order valence-electron chi connectivity index (χ0n) is 14.5. The van der Waals surface area contributed by atoms with E-state index in [-0.39, 0.29) is 24.3 Å². The number of nitrogens with one attached hydrogen (secondary N) is 2. The summed E-state index contributed by atoms with van der Waals surface area (Å²) in [6.45, 7) is 3.32. The van der Waals surface area contributed by atoms with Crippen LogP contribution in [0.4, 0.5) is 5.69 Å². The molecule has 0 saturated carbocycles. The van der Waals surface area contributed by atoms with Crippen LogP contribution < -0.4 is 14.8 Å². The highest BCUT2D eigenvalue weighted by Crippen LogP contribution is 2.28.